The van der Waals surface area contributed by atoms with Gasteiger partial charge in [-0.3, -0.25) is 0 Å². The minimum Gasteiger partial charge on any atom is -0.435 e. The topological polar surface area (TPSA) is 70.6 Å². The van der Waals surface area contributed by atoms with Crippen molar-refractivity contribution >= 4 is 6.03 Å². The number of hydrogen-bond donors (Lipinski definition) is 3. The molecule has 0 aliphatic heterocycles. The number of benzene rings is 1. The first kappa shape index (κ1) is 19.2. The molecule has 0 saturated heterocycles. The average molecular weight is 330 g/mol. The number of aliphatic hydroxyl groups is 1. The molecule has 0 fully saturated rings. The van der Waals surface area contributed by atoms with Crippen molar-refractivity contribution in [3.63, 3.8) is 0 Å². The Labute approximate surface area is 135 Å². The van der Waals surface area contributed by atoms with E-state index in [9.17, 15) is 18.7 Å². The fraction of sp³-hybridized carbons (Fsp3) is 0.562. The number of halogens is 2. The molecule has 0 aromatic heterocycles. The molecule has 0 aliphatic carbocycles. The van der Waals surface area contributed by atoms with Crippen LogP contribution in [0.25, 0.3) is 0 Å². The summed E-state index contributed by atoms with van der Waals surface area (Å²) in [5.74, 6) is 0.306. The van der Waals surface area contributed by atoms with E-state index < -0.39 is 12.7 Å². The highest BCUT2D eigenvalue weighted by molar-refractivity contribution is 5.74. The quantitative estimate of drug-likeness (QED) is 0.686. The number of carbonyl (C=O) groups is 1. The van der Waals surface area contributed by atoms with Crippen LogP contribution in [0.3, 0.4) is 0 Å². The Kier molecular flexibility index (Phi) is 7.74. The first-order valence-electron chi connectivity index (χ1n) is 7.60. The Morgan fingerprint density at radius 2 is 2.04 bits per heavy atom. The lowest BCUT2D eigenvalue weighted by atomic mass is 10.0. The van der Waals surface area contributed by atoms with E-state index in [4.69, 9.17) is 0 Å². The molecule has 3 N–H and O–H groups in total. The van der Waals surface area contributed by atoms with Crippen molar-refractivity contribution in [2.75, 3.05) is 6.54 Å². The maximum atomic E-state index is 12.2. The van der Waals surface area contributed by atoms with Crippen LogP contribution in [0.15, 0.2) is 24.3 Å². The van der Waals surface area contributed by atoms with E-state index in [-0.39, 0.29) is 24.4 Å². The third kappa shape index (κ3) is 6.81. The largest absolute Gasteiger partial charge is 0.435 e. The van der Waals surface area contributed by atoms with E-state index >= 15 is 0 Å². The van der Waals surface area contributed by atoms with Crippen molar-refractivity contribution in [2.24, 2.45) is 5.92 Å². The van der Waals surface area contributed by atoms with Crippen LogP contribution in [0, 0.1) is 5.92 Å². The van der Waals surface area contributed by atoms with E-state index in [0.717, 1.165) is 6.42 Å². The monoisotopic (exact) mass is 330 g/mol. The molecule has 130 valence electrons. The molecule has 23 heavy (non-hydrogen) atoms. The molecule has 0 saturated carbocycles. The predicted octanol–water partition coefficient (Wildman–Crippen LogP) is 3.06. The standard InChI is InChI=1S/C16H24F2N2O3/c1-4-10(2)11(3)20-16(22)19-9-14(21)12-6-5-7-13(8-12)23-15(17)18/h5-8,10-11,14-15,21H,4,9H2,1-3H3,(H2,19,20,22). The van der Waals surface area contributed by atoms with E-state index in [2.05, 4.69) is 15.4 Å². The number of rotatable bonds is 8. The third-order valence-corrected chi connectivity index (χ3v) is 3.78. The van der Waals surface area contributed by atoms with Gasteiger partial charge < -0.3 is 20.5 Å². The van der Waals surface area contributed by atoms with Crippen LogP contribution in [0.4, 0.5) is 13.6 Å². The van der Waals surface area contributed by atoms with Crippen molar-refractivity contribution in [3.8, 4) is 5.75 Å². The Morgan fingerprint density at radius 3 is 2.65 bits per heavy atom. The van der Waals surface area contributed by atoms with Crippen LogP contribution in [-0.2, 0) is 0 Å². The second-order valence-corrected chi connectivity index (χ2v) is 5.50. The SMILES string of the molecule is CCC(C)C(C)NC(=O)NCC(O)c1cccc(OC(F)F)c1. The molecule has 5 nitrogen and oxygen atoms in total. The minimum absolute atomic E-state index is 0.0138. The average Bonchev–Trinajstić information content (AvgIpc) is 2.51. The summed E-state index contributed by atoms with van der Waals surface area (Å²) in [6.45, 7) is 3.04. The lowest BCUT2D eigenvalue weighted by Crippen LogP contribution is -2.44. The number of amides is 2. The van der Waals surface area contributed by atoms with Gasteiger partial charge in [0.2, 0.25) is 0 Å². The van der Waals surface area contributed by atoms with E-state index in [1.54, 1.807) is 6.07 Å². The van der Waals surface area contributed by atoms with Crippen LogP contribution in [-0.4, -0.2) is 30.3 Å². The van der Waals surface area contributed by atoms with Crippen molar-refractivity contribution in [1.82, 2.24) is 10.6 Å². The second-order valence-electron chi connectivity index (χ2n) is 5.50. The number of alkyl halides is 2. The second kappa shape index (κ2) is 9.29. The van der Waals surface area contributed by atoms with Gasteiger partial charge in [-0.05, 0) is 30.5 Å². The Balaban J connectivity index is 2.50. The highest BCUT2D eigenvalue weighted by Gasteiger charge is 2.15. The lowest BCUT2D eigenvalue weighted by Gasteiger charge is -2.21. The number of aliphatic hydroxyl groups excluding tert-OH is 1. The molecular formula is C16H24F2N2O3. The number of carbonyl (C=O) groups excluding carboxylic acids is 1. The number of nitrogens with one attached hydrogen (secondary N) is 2. The molecule has 1 rings (SSSR count). The van der Waals surface area contributed by atoms with Gasteiger partial charge in [0.1, 0.15) is 5.75 Å². The highest BCUT2D eigenvalue weighted by Crippen LogP contribution is 2.20. The molecule has 3 unspecified atom stereocenters. The third-order valence-electron chi connectivity index (χ3n) is 3.78. The molecule has 7 heteroatoms. The Hall–Kier alpha value is -1.89. The zero-order chi connectivity index (χ0) is 17.4. The molecule has 1 aromatic rings. The summed E-state index contributed by atoms with van der Waals surface area (Å²) in [5.41, 5.74) is 0.387. The Morgan fingerprint density at radius 1 is 1.35 bits per heavy atom. The van der Waals surface area contributed by atoms with Gasteiger partial charge in [-0.25, -0.2) is 4.79 Å². The van der Waals surface area contributed by atoms with Gasteiger partial charge in [-0.1, -0.05) is 32.4 Å². The van der Waals surface area contributed by atoms with Crippen molar-refractivity contribution in [1.29, 1.82) is 0 Å². The summed E-state index contributed by atoms with van der Waals surface area (Å²) in [4.78, 5) is 11.8. The summed E-state index contributed by atoms with van der Waals surface area (Å²) >= 11 is 0. The Bertz CT molecular complexity index is 500. The maximum absolute atomic E-state index is 12.2. The van der Waals surface area contributed by atoms with Crippen molar-refractivity contribution in [3.05, 3.63) is 29.8 Å². The van der Waals surface area contributed by atoms with Gasteiger partial charge in [-0.15, -0.1) is 0 Å². The van der Waals surface area contributed by atoms with Crippen LogP contribution < -0.4 is 15.4 Å². The zero-order valence-corrected chi connectivity index (χ0v) is 13.6. The minimum atomic E-state index is -2.92. The predicted molar refractivity (Wildman–Crippen MR) is 83.5 cm³/mol. The van der Waals surface area contributed by atoms with Crippen molar-refractivity contribution in [2.45, 2.75) is 45.9 Å². The van der Waals surface area contributed by atoms with Crippen molar-refractivity contribution < 1.29 is 23.4 Å². The first-order valence-corrected chi connectivity index (χ1v) is 7.60. The number of hydrogen-bond acceptors (Lipinski definition) is 3. The summed E-state index contributed by atoms with van der Waals surface area (Å²) in [7, 11) is 0. The molecular weight excluding hydrogens is 306 g/mol. The molecule has 0 radical (unpaired) electrons. The van der Waals surface area contributed by atoms with Gasteiger partial charge in [-0.2, -0.15) is 8.78 Å². The van der Waals surface area contributed by atoms with E-state index in [1.165, 1.54) is 18.2 Å². The highest BCUT2D eigenvalue weighted by atomic mass is 19.3. The summed E-state index contributed by atoms with van der Waals surface area (Å²) in [6.07, 6.45) is -0.0676. The number of ether oxygens (including phenoxy) is 1. The van der Waals surface area contributed by atoms with E-state index in [1.807, 2.05) is 20.8 Å². The molecule has 3 atom stereocenters. The molecule has 0 spiro atoms. The molecule has 2 amide bonds. The first-order chi connectivity index (χ1) is 10.8. The van der Waals surface area contributed by atoms with Crippen LogP contribution in [0.1, 0.15) is 38.9 Å². The fourth-order valence-corrected chi connectivity index (χ4v) is 1.96. The molecule has 0 bridgehead atoms. The molecule has 0 heterocycles. The van der Waals surface area contributed by atoms with Crippen LogP contribution in [0.2, 0.25) is 0 Å². The molecule has 1 aromatic carbocycles. The number of urea groups is 1. The smallest absolute Gasteiger partial charge is 0.387 e. The van der Waals surface area contributed by atoms with Crippen LogP contribution >= 0.6 is 0 Å². The summed E-state index contributed by atoms with van der Waals surface area (Å²) in [6, 6.07) is 5.40. The summed E-state index contributed by atoms with van der Waals surface area (Å²) < 4.78 is 28.6. The zero-order valence-electron chi connectivity index (χ0n) is 13.6. The van der Waals surface area contributed by atoms with Gasteiger partial charge in [0.15, 0.2) is 0 Å². The van der Waals surface area contributed by atoms with Gasteiger partial charge in [0, 0.05) is 12.6 Å². The van der Waals surface area contributed by atoms with Gasteiger partial charge in [0.25, 0.3) is 0 Å². The maximum Gasteiger partial charge on any atom is 0.387 e. The van der Waals surface area contributed by atoms with Crippen LogP contribution in [0.5, 0.6) is 5.75 Å². The van der Waals surface area contributed by atoms with Gasteiger partial charge in [0.05, 0.1) is 6.10 Å². The fourth-order valence-electron chi connectivity index (χ4n) is 1.96. The normalized spacial score (nSPS) is 14.9. The summed E-state index contributed by atoms with van der Waals surface area (Å²) in [5, 5.41) is 15.4. The van der Waals surface area contributed by atoms with E-state index in [0.29, 0.717) is 11.5 Å². The lowest BCUT2D eigenvalue weighted by molar-refractivity contribution is -0.0499. The molecule has 0 aliphatic rings. The van der Waals surface area contributed by atoms with Gasteiger partial charge >= 0.3 is 12.6 Å².